The Morgan fingerprint density at radius 3 is 1.97 bits per heavy atom. The highest BCUT2D eigenvalue weighted by molar-refractivity contribution is 6.40. The molecule has 190 valence electrons. The maximum Gasteiger partial charge on any atom is 0.276 e. The number of hydrogen-bond donors (Lipinski definition) is 0. The molecule has 0 aliphatic carbocycles. The fourth-order valence-electron chi connectivity index (χ4n) is 3.05. The van der Waals surface area contributed by atoms with Crippen LogP contribution in [0.25, 0.3) is 0 Å². The number of nitrogens with zero attached hydrogens (tertiary/aromatic N) is 3. The van der Waals surface area contributed by atoms with Gasteiger partial charge in [-0.3, -0.25) is 9.59 Å². The highest BCUT2D eigenvalue weighted by Crippen LogP contribution is 2.41. The number of para-hydroxylation sites is 1. The highest BCUT2D eigenvalue weighted by atomic mass is 35.5. The van der Waals surface area contributed by atoms with Gasteiger partial charge in [-0.1, -0.05) is 17.7 Å². The summed E-state index contributed by atoms with van der Waals surface area (Å²) in [4.78, 5) is 25.6. The molecule has 1 atom stereocenters. The summed E-state index contributed by atoms with van der Waals surface area (Å²) in [5.41, 5.74) is 0.443. The number of Topliss-reactive ketones (excluding diaryl/α,β-unsaturated/α-hetero) is 1. The molecule has 2 aromatic carbocycles. The lowest BCUT2D eigenvalue weighted by atomic mass is 10.2. The Balaban J connectivity index is 2.42. The van der Waals surface area contributed by atoms with Crippen LogP contribution in [0.5, 0.6) is 23.0 Å². The number of ketones is 1. The van der Waals surface area contributed by atoms with Crippen molar-refractivity contribution in [2.24, 2.45) is 10.2 Å². The Morgan fingerprint density at radius 1 is 0.914 bits per heavy atom. The van der Waals surface area contributed by atoms with Gasteiger partial charge in [0.15, 0.2) is 17.3 Å². The Labute approximate surface area is 215 Å². The molecular weight excluding hydrogens is 497 g/mol. The Morgan fingerprint density at radius 2 is 1.46 bits per heavy atom. The highest BCUT2D eigenvalue weighted by Gasteiger charge is 2.32. The Hall–Kier alpha value is -3.04. The van der Waals surface area contributed by atoms with Gasteiger partial charge in [-0.05, 0) is 52.8 Å². The zero-order chi connectivity index (χ0) is 26.0. The molecule has 0 N–H and O–H groups in total. The summed E-state index contributed by atoms with van der Waals surface area (Å²) in [6.45, 7) is 9.87. The van der Waals surface area contributed by atoms with Crippen molar-refractivity contribution in [2.75, 3.05) is 30.8 Å². The van der Waals surface area contributed by atoms with Crippen LogP contribution in [-0.2, 0) is 9.59 Å². The summed E-state index contributed by atoms with van der Waals surface area (Å²) < 4.78 is 23.1. The largest absolute Gasteiger partial charge is 0.491 e. The Bertz CT molecular complexity index is 1040. The van der Waals surface area contributed by atoms with E-state index in [-0.39, 0.29) is 16.4 Å². The molecule has 0 aliphatic rings. The molecular formula is C24H29Cl2N3O6. The van der Waals surface area contributed by atoms with E-state index in [4.69, 9.17) is 42.3 Å². The van der Waals surface area contributed by atoms with Crippen molar-refractivity contribution in [3.8, 4) is 23.0 Å². The molecule has 0 aromatic heterocycles. The van der Waals surface area contributed by atoms with Gasteiger partial charge in [0.2, 0.25) is 6.04 Å². The van der Waals surface area contributed by atoms with E-state index in [2.05, 4.69) is 10.2 Å². The fraction of sp³-hybridized carbons (Fsp3) is 0.417. The van der Waals surface area contributed by atoms with E-state index in [0.29, 0.717) is 49.4 Å². The van der Waals surface area contributed by atoms with E-state index in [9.17, 15) is 9.59 Å². The van der Waals surface area contributed by atoms with Crippen molar-refractivity contribution in [2.45, 2.75) is 40.7 Å². The van der Waals surface area contributed by atoms with Crippen LogP contribution in [0.15, 0.2) is 40.6 Å². The maximum atomic E-state index is 13.2. The molecule has 1 unspecified atom stereocenters. The first-order chi connectivity index (χ1) is 16.8. The number of hydrogen-bond acceptors (Lipinski definition) is 8. The second-order valence-corrected chi connectivity index (χ2v) is 7.68. The molecule has 0 aliphatic heterocycles. The minimum Gasteiger partial charge on any atom is -0.491 e. The van der Waals surface area contributed by atoms with Gasteiger partial charge in [0, 0.05) is 17.8 Å². The number of ether oxygens (including phenoxy) is 4. The number of azo groups is 1. The number of rotatable bonds is 13. The van der Waals surface area contributed by atoms with Gasteiger partial charge in [0.05, 0.1) is 37.1 Å². The van der Waals surface area contributed by atoms with Gasteiger partial charge in [-0.2, -0.15) is 10.2 Å². The zero-order valence-electron chi connectivity index (χ0n) is 20.3. The van der Waals surface area contributed by atoms with Crippen LogP contribution < -0.4 is 23.4 Å². The first kappa shape index (κ1) is 28.2. The molecule has 0 radical (unpaired) electrons. The van der Waals surface area contributed by atoms with Crippen LogP contribution in [0.2, 0.25) is 5.02 Å². The first-order valence-electron chi connectivity index (χ1n) is 11.2. The molecule has 2 aromatic rings. The summed E-state index contributed by atoms with van der Waals surface area (Å²) in [7, 11) is 0. The van der Waals surface area contributed by atoms with E-state index in [1.165, 1.54) is 13.0 Å². The molecule has 0 heterocycles. The average Bonchev–Trinajstić information content (AvgIpc) is 2.81. The molecule has 35 heavy (non-hydrogen) atoms. The minimum atomic E-state index is -1.52. The molecule has 11 heteroatoms. The Kier molecular flexibility index (Phi) is 11.1. The standard InChI is InChI=1S/C24H29Cl2N3O6/c1-6-32-18-11-10-12-19(33-7-2)22(18)29(26)24(31)21(15(5)30)28-27-16-13-17(25)23(35-9-4)20(14-16)34-8-3/h10-14,21H,6-9H2,1-5H3. The number of anilines is 1. The summed E-state index contributed by atoms with van der Waals surface area (Å²) >= 11 is 12.7. The van der Waals surface area contributed by atoms with Crippen LogP contribution in [0.3, 0.4) is 0 Å². The topological polar surface area (TPSA) is 99.0 Å². The monoisotopic (exact) mass is 525 g/mol. The number of carbonyl (C=O) groups is 2. The SMILES string of the molecule is CCOc1cc(N=NC(C(C)=O)C(=O)N(Cl)c2c(OCC)cccc2OCC)cc(Cl)c1OCC. The second kappa shape index (κ2) is 13.7. The number of carbonyl (C=O) groups excluding carboxylic acids is 2. The minimum absolute atomic E-state index is 0.173. The van der Waals surface area contributed by atoms with Crippen LogP contribution in [0, 0.1) is 0 Å². The van der Waals surface area contributed by atoms with Crippen LogP contribution >= 0.6 is 23.4 Å². The van der Waals surface area contributed by atoms with Crippen molar-refractivity contribution < 1.29 is 28.5 Å². The third-order valence-corrected chi connectivity index (χ3v) is 5.06. The molecule has 0 saturated carbocycles. The van der Waals surface area contributed by atoms with Crippen LogP contribution in [-0.4, -0.2) is 44.2 Å². The molecule has 1 amide bonds. The van der Waals surface area contributed by atoms with Crippen molar-refractivity contribution in [1.29, 1.82) is 0 Å². The molecule has 2 rings (SSSR count). The lowest BCUT2D eigenvalue weighted by molar-refractivity contribution is -0.126. The summed E-state index contributed by atoms with van der Waals surface area (Å²) in [6.07, 6.45) is 0. The van der Waals surface area contributed by atoms with Gasteiger partial charge in [-0.15, -0.1) is 0 Å². The van der Waals surface area contributed by atoms with Crippen molar-refractivity contribution in [3.05, 3.63) is 35.4 Å². The van der Waals surface area contributed by atoms with E-state index in [0.717, 1.165) is 4.42 Å². The summed E-state index contributed by atoms with van der Waals surface area (Å²) in [6, 6.07) is 6.54. The van der Waals surface area contributed by atoms with Crippen molar-refractivity contribution >= 4 is 46.4 Å². The molecule has 0 bridgehead atoms. The molecule has 9 nitrogen and oxygen atoms in total. The van der Waals surface area contributed by atoms with E-state index in [1.807, 2.05) is 13.8 Å². The van der Waals surface area contributed by atoms with E-state index in [1.54, 1.807) is 38.1 Å². The smallest absolute Gasteiger partial charge is 0.276 e. The van der Waals surface area contributed by atoms with Gasteiger partial charge in [0.25, 0.3) is 5.91 Å². The van der Waals surface area contributed by atoms with Gasteiger partial charge in [-0.25, -0.2) is 4.42 Å². The zero-order valence-corrected chi connectivity index (χ0v) is 21.9. The second-order valence-electron chi connectivity index (χ2n) is 6.94. The van der Waals surface area contributed by atoms with Gasteiger partial charge >= 0.3 is 0 Å². The number of amides is 1. The quantitative estimate of drug-likeness (QED) is 0.176. The lowest BCUT2D eigenvalue weighted by Gasteiger charge is -2.22. The predicted octanol–water partition coefficient (Wildman–Crippen LogP) is 6.16. The molecule has 0 saturated heterocycles. The molecule has 0 spiro atoms. The van der Waals surface area contributed by atoms with E-state index >= 15 is 0 Å². The lowest BCUT2D eigenvalue weighted by Crippen LogP contribution is -2.36. The predicted molar refractivity (Wildman–Crippen MR) is 135 cm³/mol. The van der Waals surface area contributed by atoms with Gasteiger partial charge in [0.1, 0.15) is 17.2 Å². The fourth-order valence-corrected chi connectivity index (χ4v) is 3.56. The van der Waals surface area contributed by atoms with Crippen LogP contribution in [0.4, 0.5) is 11.4 Å². The third kappa shape index (κ3) is 7.22. The van der Waals surface area contributed by atoms with Crippen molar-refractivity contribution in [3.63, 3.8) is 0 Å². The maximum absolute atomic E-state index is 13.2. The molecule has 0 fully saturated rings. The van der Waals surface area contributed by atoms with Gasteiger partial charge < -0.3 is 18.9 Å². The van der Waals surface area contributed by atoms with Crippen LogP contribution in [0.1, 0.15) is 34.6 Å². The summed E-state index contributed by atoms with van der Waals surface area (Å²) in [5, 5.41) is 8.29. The normalized spacial score (nSPS) is 11.7. The number of halogens is 2. The first-order valence-corrected chi connectivity index (χ1v) is 11.9. The average molecular weight is 526 g/mol. The third-order valence-electron chi connectivity index (χ3n) is 4.44. The van der Waals surface area contributed by atoms with Crippen molar-refractivity contribution in [1.82, 2.24) is 0 Å². The summed E-state index contributed by atoms with van der Waals surface area (Å²) in [5.74, 6) is 0.00216. The number of benzene rings is 2. The van der Waals surface area contributed by atoms with E-state index < -0.39 is 17.7 Å².